The van der Waals surface area contributed by atoms with Crippen LogP contribution in [0.2, 0.25) is 0 Å². The molecule has 0 bridgehead atoms. The molecule has 3 rings (SSSR count). The molecule has 0 heterocycles. The zero-order chi connectivity index (χ0) is 24.3. The van der Waals surface area contributed by atoms with Crippen molar-refractivity contribution in [2.24, 2.45) is 5.92 Å². The molecule has 0 saturated heterocycles. The van der Waals surface area contributed by atoms with Gasteiger partial charge in [-0.1, -0.05) is 12.1 Å². The maximum absolute atomic E-state index is 14.1. The second kappa shape index (κ2) is 9.59. The van der Waals surface area contributed by atoms with E-state index in [1.807, 2.05) is 0 Å². The number of hydrogen-bond acceptors (Lipinski definition) is 3. The molecule has 2 aromatic rings. The molecule has 1 saturated carbocycles. The molecule has 1 aliphatic rings. The van der Waals surface area contributed by atoms with Gasteiger partial charge in [-0.05, 0) is 48.2 Å². The number of nitrogens with one attached hydrogen (secondary N) is 2. The number of aliphatic carboxylic acids is 1. The Morgan fingerprint density at radius 2 is 1.64 bits per heavy atom. The number of ether oxygens (including phenoxy) is 1. The quantitative estimate of drug-likeness (QED) is 0.492. The van der Waals surface area contributed by atoms with Crippen molar-refractivity contribution in [3.05, 3.63) is 65.2 Å². The largest absolute Gasteiger partial charge is 0.481 e. The van der Waals surface area contributed by atoms with Crippen molar-refractivity contribution in [2.75, 3.05) is 0 Å². The van der Waals surface area contributed by atoms with Crippen LogP contribution in [-0.4, -0.2) is 35.7 Å². The maximum Gasteiger partial charge on any atom is 0.461 e. The van der Waals surface area contributed by atoms with Gasteiger partial charge in [-0.3, -0.25) is 4.79 Å². The Balaban J connectivity index is 1.85. The number of amides is 2. The van der Waals surface area contributed by atoms with E-state index in [9.17, 15) is 35.9 Å². The highest BCUT2D eigenvalue weighted by Crippen LogP contribution is 2.32. The van der Waals surface area contributed by atoms with Crippen LogP contribution in [0.5, 0.6) is 5.75 Å². The van der Waals surface area contributed by atoms with Gasteiger partial charge in [-0.15, -0.1) is 0 Å². The van der Waals surface area contributed by atoms with Crippen molar-refractivity contribution < 1.29 is 45.8 Å². The molecule has 1 atom stereocenters. The van der Waals surface area contributed by atoms with Gasteiger partial charge in [0, 0.05) is 12.1 Å². The van der Waals surface area contributed by atoms with E-state index in [0.29, 0.717) is 6.07 Å². The zero-order valence-electron chi connectivity index (χ0n) is 16.7. The molecule has 12 heteroatoms. The molecule has 2 amide bonds. The standard InChI is InChI=1S/C21H18F6N2O4/c22-13-3-1-10(2-4-13)17(29-20(32)28-15-6-12(7-15)18(30)31)11-5-14(23)9-16(8-11)33-21(26,27)19(24)25/h1-5,8-9,12,15,17,19H,6-7H2,(H,30,31)(H2,28,29,32)/t12?,15?,17-/m1/s1. The molecule has 6 nitrogen and oxygen atoms in total. The number of rotatable bonds is 8. The van der Waals surface area contributed by atoms with Crippen LogP contribution in [0.15, 0.2) is 42.5 Å². The van der Waals surface area contributed by atoms with E-state index >= 15 is 0 Å². The molecule has 0 radical (unpaired) electrons. The number of halogens is 6. The maximum atomic E-state index is 14.1. The summed E-state index contributed by atoms with van der Waals surface area (Å²) in [5.41, 5.74) is 0.0783. The summed E-state index contributed by atoms with van der Waals surface area (Å²) in [7, 11) is 0. The Morgan fingerprint density at radius 3 is 2.21 bits per heavy atom. The summed E-state index contributed by atoms with van der Waals surface area (Å²) in [5, 5.41) is 13.9. The molecule has 0 aliphatic heterocycles. The lowest BCUT2D eigenvalue weighted by molar-refractivity contribution is -0.253. The van der Waals surface area contributed by atoms with Crippen molar-refractivity contribution in [1.82, 2.24) is 10.6 Å². The summed E-state index contributed by atoms with van der Waals surface area (Å²) in [6.07, 6.45) is -8.65. The first-order valence-corrected chi connectivity index (χ1v) is 9.65. The molecule has 0 aromatic heterocycles. The lowest BCUT2D eigenvalue weighted by atomic mass is 9.80. The van der Waals surface area contributed by atoms with E-state index in [-0.39, 0.29) is 24.0 Å². The molecule has 1 fully saturated rings. The van der Waals surface area contributed by atoms with Gasteiger partial charge < -0.3 is 20.5 Å². The van der Waals surface area contributed by atoms with E-state index in [1.54, 1.807) is 0 Å². The van der Waals surface area contributed by atoms with Gasteiger partial charge in [0.2, 0.25) is 0 Å². The molecule has 178 valence electrons. The second-order valence-electron chi connectivity index (χ2n) is 7.49. The van der Waals surface area contributed by atoms with E-state index in [1.165, 1.54) is 12.1 Å². The van der Waals surface area contributed by atoms with Crippen molar-refractivity contribution in [2.45, 2.75) is 37.5 Å². The van der Waals surface area contributed by atoms with E-state index in [0.717, 1.165) is 24.3 Å². The minimum Gasteiger partial charge on any atom is -0.481 e. The summed E-state index contributed by atoms with van der Waals surface area (Å²) in [4.78, 5) is 23.3. The third-order valence-electron chi connectivity index (χ3n) is 5.04. The van der Waals surface area contributed by atoms with Gasteiger partial charge in [0.05, 0.1) is 12.0 Å². The van der Waals surface area contributed by atoms with Gasteiger partial charge in [0.1, 0.15) is 17.4 Å². The Hall–Kier alpha value is -3.44. The zero-order valence-corrected chi connectivity index (χ0v) is 16.7. The topological polar surface area (TPSA) is 87.7 Å². The third-order valence-corrected chi connectivity index (χ3v) is 5.04. The van der Waals surface area contributed by atoms with E-state index < -0.39 is 59.9 Å². The number of hydrogen-bond donors (Lipinski definition) is 3. The average Bonchev–Trinajstić information content (AvgIpc) is 2.68. The summed E-state index contributed by atoms with van der Waals surface area (Å²) >= 11 is 0. The van der Waals surface area contributed by atoms with Crippen LogP contribution in [-0.2, 0) is 4.79 Å². The Bertz CT molecular complexity index is 1010. The van der Waals surface area contributed by atoms with E-state index in [4.69, 9.17) is 5.11 Å². The van der Waals surface area contributed by atoms with Crippen molar-refractivity contribution in [3.63, 3.8) is 0 Å². The van der Waals surface area contributed by atoms with Crippen LogP contribution < -0.4 is 15.4 Å². The van der Waals surface area contributed by atoms with Crippen molar-refractivity contribution >= 4 is 12.0 Å². The molecule has 33 heavy (non-hydrogen) atoms. The minimum atomic E-state index is -4.88. The summed E-state index contributed by atoms with van der Waals surface area (Å²) in [5.74, 6) is -4.22. The van der Waals surface area contributed by atoms with Gasteiger partial charge in [0.25, 0.3) is 0 Å². The highest BCUT2D eigenvalue weighted by molar-refractivity contribution is 5.77. The third kappa shape index (κ3) is 6.08. The lowest BCUT2D eigenvalue weighted by Gasteiger charge is -2.33. The predicted molar refractivity (Wildman–Crippen MR) is 102 cm³/mol. The number of benzene rings is 2. The fourth-order valence-corrected chi connectivity index (χ4v) is 3.32. The molecular weight excluding hydrogens is 458 g/mol. The first-order valence-electron chi connectivity index (χ1n) is 9.65. The van der Waals surface area contributed by atoms with Gasteiger partial charge in [-0.25, -0.2) is 13.6 Å². The normalized spacial score (nSPS) is 18.9. The fourth-order valence-electron chi connectivity index (χ4n) is 3.32. The molecule has 1 aliphatic carbocycles. The van der Waals surface area contributed by atoms with Gasteiger partial charge in [-0.2, -0.15) is 17.6 Å². The number of urea groups is 1. The van der Waals surface area contributed by atoms with Gasteiger partial charge >= 0.3 is 24.5 Å². The molecular formula is C21H18F6N2O4. The highest BCUT2D eigenvalue weighted by atomic mass is 19.3. The minimum absolute atomic E-state index is 0.145. The van der Waals surface area contributed by atoms with Crippen LogP contribution >= 0.6 is 0 Å². The predicted octanol–water partition coefficient (Wildman–Crippen LogP) is 4.45. The second-order valence-corrected chi connectivity index (χ2v) is 7.49. The Kier molecular flexibility index (Phi) is 7.04. The van der Waals surface area contributed by atoms with Crippen LogP contribution in [0.3, 0.4) is 0 Å². The number of carbonyl (C=O) groups is 2. The van der Waals surface area contributed by atoms with Crippen LogP contribution in [0, 0.1) is 17.6 Å². The monoisotopic (exact) mass is 476 g/mol. The summed E-state index contributed by atoms with van der Waals surface area (Å²) in [6.45, 7) is 0. The number of carboxylic acids is 1. The number of alkyl halides is 4. The number of carbonyl (C=O) groups excluding carboxylic acids is 1. The summed E-state index contributed by atoms with van der Waals surface area (Å²) < 4.78 is 82.9. The first kappa shape index (κ1) is 24.2. The Morgan fingerprint density at radius 1 is 1.00 bits per heavy atom. The molecule has 3 N–H and O–H groups in total. The van der Waals surface area contributed by atoms with Crippen molar-refractivity contribution in [1.29, 1.82) is 0 Å². The lowest BCUT2D eigenvalue weighted by Crippen LogP contribution is -2.50. The molecule has 2 aromatic carbocycles. The molecule has 0 spiro atoms. The smallest absolute Gasteiger partial charge is 0.461 e. The average molecular weight is 476 g/mol. The highest BCUT2D eigenvalue weighted by Gasteiger charge is 2.44. The Labute approximate surface area is 183 Å². The SMILES string of the molecule is O=C(NC1CC(C(=O)O)C1)N[C@H](c1ccc(F)cc1)c1cc(F)cc(OC(F)(F)C(F)F)c1. The van der Waals surface area contributed by atoms with Gasteiger partial charge in [0.15, 0.2) is 0 Å². The number of carboxylic acid groups (broad SMARTS) is 1. The van der Waals surface area contributed by atoms with E-state index in [2.05, 4.69) is 15.4 Å². The first-order chi connectivity index (χ1) is 15.4. The van der Waals surface area contributed by atoms with Crippen molar-refractivity contribution in [3.8, 4) is 5.75 Å². The molecule has 0 unspecified atom stereocenters. The van der Waals surface area contributed by atoms with Crippen LogP contribution in [0.4, 0.5) is 31.1 Å². The summed E-state index contributed by atoms with van der Waals surface area (Å²) in [6, 6.07) is 4.36. The van der Waals surface area contributed by atoms with Crippen LogP contribution in [0.25, 0.3) is 0 Å². The van der Waals surface area contributed by atoms with Crippen LogP contribution in [0.1, 0.15) is 30.0 Å². The fraction of sp³-hybridized carbons (Fsp3) is 0.333.